The Labute approximate surface area is 725 Å². The number of benzene rings is 4. The van der Waals surface area contributed by atoms with Crippen LogP contribution in [-0.4, -0.2) is 133 Å². The Bertz CT molecular complexity index is 6230. The molecule has 646 valence electrons. The lowest BCUT2D eigenvalue weighted by Gasteiger charge is -2.35. The summed E-state index contributed by atoms with van der Waals surface area (Å²) in [5.74, 6) is 4.58. The first-order valence-corrected chi connectivity index (χ1v) is 45.8. The van der Waals surface area contributed by atoms with Gasteiger partial charge in [-0.2, -0.15) is 0 Å². The fraction of sp³-hybridized carbons (Fsp3) is 0.429. The second kappa shape index (κ2) is 33.3. The van der Waals surface area contributed by atoms with Gasteiger partial charge in [0.05, 0.1) is 120 Å². The van der Waals surface area contributed by atoms with Gasteiger partial charge in [-0.1, -0.05) is 155 Å². The van der Waals surface area contributed by atoms with Gasteiger partial charge in [0.25, 0.3) is 0 Å². The van der Waals surface area contributed by atoms with Crippen molar-refractivity contribution in [1.82, 2.24) is 79.7 Å². The van der Waals surface area contributed by atoms with Crippen LogP contribution in [0.2, 0.25) is 0 Å². The van der Waals surface area contributed by atoms with E-state index in [0.717, 1.165) is 147 Å². The Morgan fingerprint density at radius 1 is 0.222 bits per heavy atom. The third-order valence-electron chi connectivity index (χ3n) is 25.6. The summed E-state index contributed by atoms with van der Waals surface area (Å²) in [6, 6.07) is 22.7. The molecule has 2 unspecified atom stereocenters. The summed E-state index contributed by atoms with van der Waals surface area (Å²) >= 11 is 0. The van der Waals surface area contributed by atoms with Crippen molar-refractivity contribution in [3.63, 3.8) is 0 Å². The van der Waals surface area contributed by atoms with Gasteiger partial charge in [0.2, 0.25) is 0 Å². The van der Waals surface area contributed by atoms with Gasteiger partial charge in [0.1, 0.15) is 116 Å². The van der Waals surface area contributed by atoms with Gasteiger partial charge in [0, 0.05) is 56.3 Å². The first-order valence-electron chi connectivity index (χ1n) is 45.8. The van der Waals surface area contributed by atoms with Crippen LogP contribution in [0.15, 0.2) is 97.1 Å². The number of pyridine rings is 4. The molecule has 126 heavy (non-hydrogen) atoms. The second-order valence-electron chi connectivity index (χ2n) is 34.0. The third-order valence-corrected chi connectivity index (χ3v) is 25.6. The Kier molecular flexibility index (Phi) is 21.0. The van der Waals surface area contributed by atoms with Crippen LogP contribution < -0.4 is 37.9 Å². The van der Waals surface area contributed by atoms with E-state index in [1.807, 2.05) is 72.8 Å². The SMILES string of the molecule is CCCCOc1c2c(c(OCCCC)c3c4nc5cccc(n5)nc5[nH]c(nc6cccc(n6)nc([nH]4)c13)c1c(OCCCC)c3c(c(OCCCC)c51)[C@H]1O[C@@H]3C3C1[C@H]1O[C@@H]3c3c1c(OCCCC)c1c4nc5cccc(n5)nc5[nH]c(nc6cccc(n6)nc([nH]4)c1c3OCCCC)c1c(OCCCC)c3c(c(OCCCC)c51)[C@H]1C=C[C@@H]3O1)[C@H]1C=C[C@@H]2O1. The predicted octanol–water partition coefficient (Wildman–Crippen LogP) is 21.9. The molecule has 18 heterocycles. The molecule has 28 heteroatoms. The molecule has 22 rings (SSSR count). The normalized spacial score (nSPS) is 20.3. The number of aromatic nitrogens is 16. The number of fused-ring (bicyclic) bond motifs is 53. The summed E-state index contributed by atoms with van der Waals surface area (Å²) in [7, 11) is 0. The molecule has 24 bridgehead atoms. The largest absolute Gasteiger partial charge is 0.492 e. The molecular weight excluding hydrogens is 1590 g/mol. The highest BCUT2D eigenvalue weighted by Crippen LogP contribution is 2.77. The number of rotatable bonds is 32. The standard InChI is InChI=1S/C98H102N16O12/c1-9-17-41-115-79-61-49-37-38-50(123-49)62(61)80(116-42-18-10-2)72-71(79)91-103-53-29-25-33-57(99-53)107-95-75-76(96(113-95)108-58-34-26-30-54(100-58)104-92(72)111-91)84(120-46-22-14-6)66-65(83(75)119-45-21-13-5)87-69-70(88(66)125-87)90-68-67(89(69)126-90)85(121-47-23-15-7)77-78(86(68)122-48-24-16-8)98-110-60-36-28-32-56(102-60)106-94-74-73(93(112-94)105-55-31-27-35-59(101-55)109-97(77)114-98)81(117-43-19-11-3)63-51-39-40-52(124-51)64(63)82(74)118-44-20-12-4/h25-40,49-52,69-70,87-90H,9-24,41-48H2,1-8H3,(H2,99,100,103,104,107,108,111,113)(H2,101,102,105,106,109,110,112,114)/t49-,50+,51-,52+,69?,70?,87-,88+,89+,90-. The summed E-state index contributed by atoms with van der Waals surface area (Å²) in [5, 5.41) is 5.49. The molecule has 10 aromatic heterocycles. The number of unbranched alkanes of at least 4 members (excludes halogenated alkanes) is 8. The molecule has 0 aliphatic carbocycles. The summed E-state index contributed by atoms with van der Waals surface area (Å²) < 4.78 is 86.4. The second-order valence-corrected chi connectivity index (χ2v) is 34.0. The number of hydrogen-bond acceptors (Lipinski definition) is 24. The first kappa shape index (κ1) is 79.6. The molecule has 0 amide bonds. The van der Waals surface area contributed by atoms with Gasteiger partial charge in [0.15, 0.2) is 45.2 Å². The lowest BCUT2D eigenvalue weighted by Crippen LogP contribution is -2.28. The highest BCUT2D eigenvalue weighted by molar-refractivity contribution is 6.17. The van der Waals surface area contributed by atoms with Crippen LogP contribution in [0.25, 0.3) is 133 Å². The summed E-state index contributed by atoms with van der Waals surface area (Å²) in [4.78, 5) is 79.7. The molecule has 8 aliphatic rings. The maximum Gasteiger partial charge on any atom is 0.156 e. The van der Waals surface area contributed by atoms with Crippen molar-refractivity contribution in [1.29, 1.82) is 0 Å². The average Bonchev–Trinajstić information content (AvgIpc) is 1.48. The Morgan fingerprint density at radius 2 is 0.389 bits per heavy atom. The van der Waals surface area contributed by atoms with E-state index in [9.17, 15) is 0 Å². The molecule has 28 nitrogen and oxygen atoms in total. The lowest BCUT2D eigenvalue weighted by atomic mass is 9.66. The Hall–Kier alpha value is -12.2. The predicted molar refractivity (Wildman–Crippen MR) is 482 cm³/mol. The fourth-order valence-electron chi connectivity index (χ4n) is 19.9. The van der Waals surface area contributed by atoms with E-state index in [0.29, 0.717) is 232 Å². The zero-order chi connectivity index (χ0) is 85.0. The van der Waals surface area contributed by atoms with Crippen LogP contribution in [-0.2, 0) is 18.9 Å². The molecule has 4 aromatic carbocycles. The first-order chi connectivity index (χ1) is 62.2. The minimum absolute atomic E-state index is 0.284. The molecule has 8 aliphatic heterocycles. The number of nitrogens with one attached hydrogen (secondary N) is 4. The zero-order valence-electron chi connectivity index (χ0n) is 72.2. The van der Waals surface area contributed by atoms with E-state index in [1.165, 1.54) is 0 Å². The van der Waals surface area contributed by atoms with Crippen molar-refractivity contribution in [2.24, 2.45) is 11.8 Å². The Morgan fingerprint density at radius 3 is 0.556 bits per heavy atom. The van der Waals surface area contributed by atoms with Gasteiger partial charge >= 0.3 is 0 Å². The van der Waals surface area contributed by atoms with E-state index >= 15 is 0 Å². The zero-order valence-corrected chi connectivity index (χ0v) is 72.2. The summed E-state index contributed by atoms with van der Waals surface area (Å²) in [6.45, 7) is 20.8. The highest BCUT2D eigenvalue weighted by Gasteiger charge is 2.69. The number of aromatic amines is 4. The monoisotopic (exact) mass is 1690 g/mol. The van der Waals surface area contributed by atoms with Crippen LogP contribution in [0.4, 0.5) is 0 Å². The quantitative estimate of drug-likeness (QED) is 0.0225. The van der Waals surface area contributed by atoms with Crippen molar-refractivity contribution < 1.29 is 56.8 Å². The molecule has 0 radical (unpaired) electrons. The third kappa shape index (κ3) is 13.2. The molecular formula is C98H102N16O12. The van der Waals surface area contributed by atoms with Crippen LogP contribution in [0.1, 0.15) is 251 Å². The molecule has 4 N–H and O–H groups in total. The molecule has 0 saturated carbocycles. The van der Waals surface area contributed by atoms with Gasteiger partial charge < -0.3 is 76.8 Å². The molecule has 2 fully saturated rings. The minimum atomic E-state index is -0.592. The maximum atomic E-state index is 7.78. The van der Waals surface area contributed by atoms with E-state index in [2.05, 4.69) is 99.6 Å². The molecule has 14 aromatic rings. The van der Waals surface area contributed by atoms with E-state index in [1.54, 1.807) is 0 Å². The number of H-pyrrole nitrogens is 4. The van der Waals surface area contributed by atoms with Crippen molar-refractivity contribution in [3.8, 4) is 46.0 Å². The summed E-state index contributed by atoms with van der Waals surface area (Å²) in [6.07, 6.45) is 18.4. The van der Waals surface area contributed by atoms with E-state index in [-0.39, 0.29) is 36.3 Å². The van der Waals surface area contributed by atoms with Crippen LogP contribution in [0.5, 0.6) is 46.0 Å². The number of nitrogens with zero attached hydrogens (tertiary/aromatic N) is 12. The van der Waals surface area contributed by atoms with Crippen molar-refractivity contribution in [2.75, 3.05) is 52.9 Å². The highest BCUT2D eigenvalue weighted by atomic mass is 16.6. The number of ether oxygens (including phenoxy) is 12. The van der Waals surface area contributed by atoms with Crippen molar-refractivity contribution >= 4 is 133 Å². The fourth-order valence-corrected chi connectivity index (χ4v) is 19.9. The molecule has 10 atom stereocenters. The van der Waals surface area contributed by atoms with Crippen LogP contribution in [0, 0.1) is 11.8 Å². The van der Waals surface area contributed by atoms with Gasteiger partial charge in [-0.3, -0.25) is 0 Å². The van der Waals surface area contributed by atoms with E-state index < -0.39 is 24.4 Å². The van der Waals surface area contributed by atoms with Crippen LogP contribution >= 0.6 is 0 Å². The smallest absolute Gasteiger partial charge is 0.156 e. The Balaban J connectivity index is 0.768. The van der Waals surface area contributed by atoms with Crippen LogP contribution in [0.3, 0.4) is 0 Å². The topological polar surface area (TPSA) is 329 Å². The summed E-state index contributed by atoms with van der Waals surface area (Å²) in [5.41, 5.74) is 14.0. The van der Waals surface area contributed by atoms with Gasteiger partial charge in [-0.05, 0) is 99.9 Å². The molecule has 0 spiro atoms. The minimum Gasteiger partial charge on any atom is -0.492 e. The van der Waals surface area contributed by atoms with E-state index in [4.69, 9.17) is 117 Å². The maximum absolute atomic E-state index is 7.78. The van der Waals surface area contributed by atoms with Crippen molar-refractivity contribution in [2.45, 2.75) is 207 Å². The van der Waals surface area contributed by atoms with Gasteiger partial charge in [-0.25, -0.2) is 59.8 Å². The van der Waals surface area contributed by atoms with Gasteiger partial charge in [-0.15, -0.1) is 0 Å². The lowest BCUT2D eigenvalue weighted by molar-refractivity contribution is -0.0304. The number of hydrogen-bond donors (Lipinski definition) is 4. The molecule has 2 saturated heterocycles. The van der Waals surface area contributed by atoms with Crippen molar-refractivity contribution in [3.05, 3.63) is 142 Å². The average molecular weight is 1700 g/mol.